The molecule has 2 rings (SSSR count). The Hall–Kier alpha value is 0.170. The van der Waals surface area contributed by atoms with E-state index in [-0.39, 0.29) is 9.90 Å². The maximum atomic E-state index is 6.06. The van der Waals surface area contributed by atoms with Crippen LogP contribution >= 0.6 is 46.6 Å². The maximum absolute atomic E-state index is 6.06. The molecule has 94 valence electrons. The van der Waals surface area contributed by atoms with E-state index >= 15 is 0 Å². The number of hydrogen-bond acceptors (Lipinski definition) is 3. The molecule has 1 N–H and O–H groups in total. The Morgan fingerprint density at radius 1 is 1.41 bits per heavy atom. The summed E-state index contributed by atoms with van der Waals surface area (Å²) in [5.41, 5.74) is 0. The van der Waals surface area contributed by atoms with Gasteiger partial charge in [-0.3, -0.25) is 0 Å². The summed E-state index contributed by atoms with van der Waals surface area (Å²) >= 11 is 19.7. The number of nitrogens with one attached hydrogen (secondary N) is 1. The first-order chi connectivity index (χ1) is 8.00. The van der Waals surface area contributed by atoms with Gasteiger partial charge in [-0.05, 0) is 31.6 Å². The minimum absolute atomic E-state index is 0.261. The summed E-state index contributed by atoms with van der Waals surface area (Å²) in [6, 6.07) is 1.62. The highest BCUT2D eigenvalue weighted by Gasteiger charge is 2.29. The fourth-order valence-electron chi connectivity index (χ4n) is 1.82. The minimum Gasteiger partial charge on any atom is -0.367 e. The van der Waals surface area contributed by atoms with Crippen molar-refractivity contribution in [2.45, 2.75) is 24.5 Å². The van der Waals surface area contributed by atoms with Crippen molar-refractivity contribution < 1.29 is 0 Å². The number of anilines is 1. The highest BCUT2D eigenvalue weighted by atomic mass is 35.5. The molecular weight excluding hydrogens is 299 g/mol. The van der Waals surface area contributed by atoms with Crippen molar-refractivity contribution in [3.63, 3.8) is 0 Å². The molecule has 1 aromatic rings. The van der Waals surface area contributed by atoms with Crippen LogP contribution in [-0.2, 0) is 0 Å². The normalized spacial score (nSPS) is 24.0. The monoisotopic (exact) mass is 310 g/mol. The molecule has 1 aliphatic heterocycles. The first-order valence-corrected chi connectivity index (χ1v) is 7.51. The topological polar surface area (TPSA) is 24.9 Å². The first kappa shape index (κ1) is 13.6. The lowest BCUT2D eigenvalue weighted by Gasteiger charge is -2.23. The molecule has 1 unspecified atom stereocenters. The molecule has 0 saturated carbocycles. The second-order valence-electron chi connectivity index (χ2n) is 4.35. The average molecular weight is 312 g/mol. The molecule has 1 saturated heterocycles. The number of thioether (sulfide) groups is 1. The molecule has 1 atom stereocenters. The molecule has 0 spiro atoms. The van der Waals surface area contributed by atoms with Crippen molar-refractivity contribution in [1.82, 2.24) is 4.98 Å². The summed E-state index contributed by atoms with van der Waals surface area (Å²) in [7, 11) is 0. The smallest absolute Gasteiger partial charge is 0.150 e. The Kier molecular flexibility index (Phi) is 4.35. The number of nitrogens with zero attached hydrogens (tertiary/aromatic N) is 1. The third-order valence-electron chi connectivity index (χ3n) is 2.82. The number of hydrogen-bond donors (Lipinski definition) is 1. The average Bonchev–Trinajstić information content (AvgIpc) is 2.69. The third-order valence-corrected chi connectivity index (χ3v) is 5.32. The van der Waals surface area contributed by atoms with Crippen LogP contribution in [-0.4, -0.2) is 22.0 Å². The molecule has 17 heavy (non-hydrogen) atoms. The van der Waals surface area contributed by atoms with Gasteiger partial charge < -0.3 is 5.32 Å². The molecule has 0 bridgehead atoms. The van der Waals surface area contributed by atoms with Crippen molar-refractivity contribution in [2.75, 3.05) is 17.6 Å². The fraction of sp³-hybridized carbons (Fsp3) is 0.545. The summed E-state index contributed by atoms with van der Waals surface area (Å²) < 4.78 is 0.261. The van der Waals surface area contributed by atoms with Gasteiger partial charge in [-0.25, -0.2) is 4.98 Å². The van der Waals surface area contributed by atoms with E-state index in [4.69, 9.17) is 34.8 Å². The molecule has 2 nitrogen and oxygen atoms in total. The Balaban J connectivity index is 2.06. The lowest BCUT2D eigenvalue weighted by Crippen LogP contribution is -2.27. The van der Waals surface area contributed by atoms with Crippen LogP contribution in [0.1, 0.15) is 19.8 Å². The highest BCUT2D eigenvalue weighted by Crippen LogP contribution is 2.38. The lowest BCUT2D eigenvalue weighted by atomic mass is 10.1. The van der Waals surface area contributed by atoms with Gasteiger partial charge >= 0.3 is 0 Å². The van der Waals surface area contributed by atoms with Crippen LogP contribution < -0.4 is 5.32 Å². The number of pyridine rings is 1. The van der Waals surface area contributed by atoms with Gasteiger partial charge in [0.25, 0.3) is 0 Å². The maximum Gasteiger partial charge on any atom is 0.150 e. The van der Waals surface area contributed by atoms with E-state index in [0.29, 0.717) is 15.9 Å². The Morgan fingerprint density at radius 2 is 2.18 bits per heavy atom. The van der Waals surface area contributed by atoms with Crippen LogP contribution in [0, 0.1) is 0 Å². The summed E-state index contributed by atoms with van der Waals surface area (Å²) in [6.07, 6.45) is 2.48. The van der Waals surface area contributed by atoms with Crippen LogP contribution in [0.4, 0.5) is 5.82 Å². The Morgan fingerprint density at radius 3 is 2.82 bits per heavy atom. The largest absolute Gasteiger partial charge is 0.367 e. The Labute approximate surface area is 120 Å². The SMILES string of the molecule is CC1(CNc2nc(Cl)c(Cl)cc2Cl)CCCS1. The first-order valence-electron chi connectivity index (χ1n) is 5.39. The van der Waals surface area contributed by atoms with Gasteiger partial charge in [-0.2, -0.15) is 11.8 Å². The molecule has 0 aliphatic carbocycles. The van der Waals surface area contributed by atoms with Gasteiger partial charge in [-0.15, -0.1) is 0 Å². The van der Waals surface area contributed by atoms with E-state index < -0.39 is 0 Å². The predicted octanol–water partition coefficient (Wildman–Crippen LogP) is 4.74. The quantitative estimate of drug-likeness (QED) is 0.816. The second kappa shape index (κ2) is 5.43. The molecule has 6 heteroatoms. The van der Waals surface area contributed by atoms with E-state index in [2.05, 4.69) is 17.2 Å². The zero-order valence-electron chi connectivity index (χ0n) is 9.40. The minimum atomic E-state index is 0.261. The van der Waals surface area contributed by atoms with E-state index in [1.165, 1.54) is 18.6 Å². The van der Waals surface area contributed by atoms with Crippen LogP contribution in [0.3, 0.4) is 0 Å². The van der Waals surface area contributed by atoms with Gasteiger partial charge in [0.05, 0.1) is 10.0 Å². The molecule has 1 aromatic heterocycles. The van der Waals surface area contributed by atoms with Gasteiger partial charge in [0.1, 0.15) is 11.0 Å². The summed E-state index contributed by atoms with van der Waals surface area (Å²) in [4.78, 5) is 4.15. The zero-order valence-corrected chi connectivity index (χ0v) is 12.5. The number of halogens is 3. The van der Waals surface area contributed by atoms with Crippen molar-refractivity contribution >= 4 is 52.4 Å². The predicted molar refractivity (Wildman–Crippen MR) is 77.9 cm³/mol. The van der Waals surface area contributed by atoms with Crippen molar-refractivity contribution in [3.05, 3.63) is 21.3 Å². The molecule has 2 heterocycles. The van der Waals surface area contributed by atoms with Crippen LogP contribution in [0.5, 0.6) is 0 Å². The van der Waals surface area contributed by atoms with Gasteiger partial charge in [0.2, 0.25) is 0 Å². The molecule has 1 aliphatic rings. The highest BCUT2D eigenvalue weighted by molar-refractivity contribution is 8.00. The molecular formula is C11H13Cl3N2S. The standard InChI is InChI=1S/C11H13Cl3N2S/c1-11(3-2-4-17-11)6-15-10-8(13)5-7(12)9(14)16-10/h5H,2-4,6H2,1H3,(H,15,16). The Bertz CT molecular complexity index is 419. The van der Waals surface area contributed by atoms with E-state index in [9.17, 15) is 0 Å². The van der Waals surface area contributed by atoms with Crippen LogP contribution in [0.25, 0.3) is 0 Å². The number of aromatic nitrogens is 1. The van der Waals surface area contributed by atoms with E-state index in [1.807, 2.05) is 11.8 Å². The van der Waals surface area contributed by atoms with Crippen molar-refractivity contribution in [3.8, 4) is 0 Å². The molecule has 0 radical (unpaired) electrons. The third kappa shape index (κ3) is 3.34. The molecule has 1 fully saturated rings. The fourth-order valence-corrected chi connectivity index (χ4v) is 3.62. The van der Waals surface area contributed by atoms with Gasteiger partial charge in [0.15, 0.2) is 0 Å². The number of rotatable bonds is 3. The van der Waals surface area contributed by atoms with E-state index in [1.54, 1.807) is 6.07 Å². The van der Waals surface area contributed by atoms with Crippen LogP contribution in [0.2, 0.25) is 15.2 Å². The van der Waals surface area contributed by atoms with E-state index in [0.717, 1.165) is 6.54 Å². The summed E-state index contributed by atoms with van der Waals surface area (Å²) in [6.45, 7) is 3.09. The summed E-state index contributed by atoms with van der Waals surface area (Å²) in [5.74, 6) is 1.83. The summed E-state index contributed by atoms with van der Waals surface area (Å²) in [5, 5.41) is 4.42. The van der Waals surface area contributed by atoms with Crippen molar-refractivity contribution in [2.24, 2.45) is 0 Å². The molecule has 0 amide bonds. The second-order valence-corrected chi connectivity index (χ2v) is 7.20. The molecule has 0 aromatic carbocycles. The van der Waals surface area contributed by atoms with Gasteiger partial charge in [-0.1, -0.05) is 34.8 Å². The lowest BCUT2D eigenvalue weighted by molar-refractivity contribution is 0.634. The zero-order chi connectivity index (χ0) is 12.5. The van der Waals surface area contributed by atoms with Crippen LogP contribution in [0.15, 0.2) is 6.07 Å². The van der Waals surface area contributed by atoms with Crippen molar-refractivity contribution in [1.29, 1.82) is 0 Å². The van der Waals surface area contributed by atoms with Gasteiger partial charge in [0, 0.05) is 11.3 Å².